The molecule has 0 aromatic heterocycles. The van der Waals surface area contributed by atoms with Crippen LogP contribution in [0.4, 0.5) is 4.79 Å². The number of fused-ring (bicyclic) bond motifs is 1. The van der Waals surface area contributed by atoms with Crippen molar-refractivity contribution in [3.8, 4) is 0 Å². The molecule has 40 heteroatoms. The predicted octanol–water partition coefficient (Wildman–Crippen LogP) is -7.70. The Morgan fingerprint density at radius 1 is 0.413 bits per heavy atom. The zero-order valence-electron chi connectivity index (χ0n) is 59.5. The summed E-state index contributed by atoms with van der Waals surface area (Å²) in [5.41, 5.74) is 10.6. The van der Waals surface area contributed by atoms with E-state index < -0.39 is 147 Å². The minimum absolute atomic E-state index is 0.00305. The molecule has 592 valence electrons. The van der Waals surface area contributed by atoms with Gasteiger partial charge in [0.25, 0.3) is 0 Å². The lowest BCUT2D eigenvalue weighted by atomic mass is 10.0. The minimum Gasteiger partial charge on any atom is -0.394 e. The topological polar surface area (TPSA) is 594 Å². The summed E-state index contributed by atoms with van der Waals surface area (Å²) in [4.78, 5) is 186. The van der Waals surface area contributed by atoms with Crippen LogP contribution in [0, 0.1) is 11.8 Å². The molecule has 16 amide bonds. The molecule has 10 atom stereocenters. The number of carbonyl (C=O) groups is 15. The zero-order valence-corrected chi connectivity index (χ0v) is 60.4. The van der Waals surface area contributed by atoms with Gasteiger partial charge < -0.3 is 125 Å². The first-order chi connectivity index (χ1) is 49.8. The van der Waals surface area contributed by atoms with Crippen LogP contribution in [0.1, 0.15) is 123 Å². The molecule has 0 aromatic carbocycles. The van der Waals surface area contributed by atoms with Crippen molar-refractivity contribution in [1.29, 1.82) is 0 Å². The van der Waals surface area contributed by atoms with Crippen LogP contribution < -0.4 is 85.9 Å². The lowest BCUT2D eigenvalue weighted by molar-refractivity contribution is -0.133. The molecular weight excluding hydrogens is 1390 g/mol. The van der Waals surface area contributed by atoms with E-state index in [0.29, 0.717) is 63.3 Å². The average Bonchev–Trinajstić information content (AvgIpc) is 1.67. The molecule has 22 N–H and O–H groups in total. The van der Waals surface area contributed by atoms with Crippen molar-refractivity contribution in [2.24, 2.45) is 23.3 Å². The number of hydrogen-bond donors (Lipinski definition) is 20. The van der Waals surface area contributed by atoms with E-state index in [-0.39, 0.29) is 146 Å². The average molecular weight is 1510 g/mol. The van der Waals surface area contributed by atoms with Gasteiger partial charge in [-0.15, -0.1) is 0 Å². The van der Waals surface area contributed by atoms with Gasteiger partial charge in [-0.05, 0) is 64.2 Å². The monoisotopic (exact) mass is 1500 g/mol. The third-order valence-electron chi connectivity index (χ3n) is 16.2. The summed E-state index contributed by atoms with van der Waals surface area (Å²) < 4.78 is 21.7. The summed E-state index contributed by atoms with van der Waals surface area (Å²) in [5, 5.41) is 74.7. The van der Waals surface area contributed by atoms with E-state index in [2.05, 4.69) is 74.4 Å². The van der Waals surface area contributed by atoms with E-state index in [0.717, 1.165) is 31.4 Å². The van der Waals surface area contributed by atoms with Gasteiger partial charge in [-0.3, -0.25) is 67.1 Å². The second-order valence-electron chi connectivity index (χ2n) is 24.8. The largest absolute Gasteiger partial charge is 0.394 e. The summed E-state index contributed by atoms with van der Waals surface area (Å²) in [6, 6.07) is -6.68. The van der Waals surface area contributed by atoms with E-state index in [4.69, 9.17) is 30.4 Å². The molecule has 2 heterocycles. The second kappa shape index (κ2) is 55.4. The highest BCUT2D eigenvalue weighted by molar-refractivity contribution is 8.00. The summed E-state index contributed by atoms with van der Waals surface area (Å²) in [7, 11) is 0. The van der Waals surface area contributed by atoms with Gasteiger partial charge >= 0.3 is 6.03 Å². The Morgan fingerprint density at radius 2 is 0.808 bits per heavy atom. The first kappa shape index (κ1) is 92.0. The van der Waals surface area contributed by atoms with Gasteiger partial charge in [-0.2, -0.15) is 11.8 Å². The van der Waals surface area contributed by atoms with E-state index >= 15 is 0 Å². The van der Waals surface area contributed by atoms with Gasteiger partial charge in [-0.1, -0.05) is 39.5 Å². The van der Waals surface area contributed by atoms with Crippen molar-refractivity contribution < 1.29 is 111 Å². The van der Waals surface area contributed by atoms with Crippen molar-refractivity contribution >= 4 is 100 Å². The number of nitrogens with one attached hydrogen (secondary N) is 14. The van der Waals surface area contributed by atoms with Gasteiger partial charge in [0.15, 0.2) is 0 Å². The minimum atomic E-state index is -1.57. The Labute approximate surface area is 608 Å². The molecule has 0 unspecified atom stereocenters. The number of urea groups is 1. The fourth-order valence-electron chi connectivity index (χ4n) is 10.1. The van der Waals surface area contributed by atoms with Crippen LogP contribution in [-0.2, 0) is 86.1 Å². The van der Waals surface area contributed by atoms with Crippen LogP contribution in [0.5, 0.6) is 0 Å². The van der Waals surface area contributed by atoms with Gasteiger partial charge in [0.2, 0.25) is 82.7 Å². The number of nitrogens with two attached hydrogens (primary N) is 2. The number of hydrogen-bond acceptors (Lipinski definition) is 24. The number of aliphatic hydroxyl groups is 4. The smallest absolute Gasteiger partial charge is 0.315 e. The van der Waals surface area contributed by atoms with Crippen molar-refractivity contribution in [2.75, 3.05) is 131 Å². The van der Waals surface area contributed by atoms with Gasteiger partial charge in [0.1, 0.15) is 43.4 Å². The van der Waals surface area contributed by atoms with Crippen molar-refractivity contribution in [3.63, 3.8) is 0 Å². The molecule has 0 radical (unpaired) electrons. The molecule has 0 aliphatic carbocycles. The molecule has 0 aromatic rings. The molecule has 2 aliphatic heterocycles. The Hall–Kier alpha value is -8.12. The SMILES string of the molecule is C[C@@H](CCCCNC(=O)[C@H](CO)NC(=O)CNC(=O)[C@H](CO)NC(=O)CCCC(=O)N[C@@H](CO)C(=O)NCC(=O)N[C@@H](CO)C(=O)NCCCC[C@H](NC(=O)COCCOCCNC(=O)COCCOCCNC(=O)CCCCC[C@@H]1SC[C@@H]2NC(=O)N[C@@H]21)C(=O)NCCCC[C@H](C)C(N)=O)C(N)=O. The third-order valence-corrected chi connectivity index (χ3v) is 17.7. The Morgan fingerprint density at radius 3 is 1.27 bits per heavy atom. The molecule has 2 fully saturated rings. The normalized spacial score (nSPS) is 16.3. The summed E-state index contributed by atoms with van der Waals surface area (Å²) in [5.74, 6) is -9.12. The lowest BCUT2D eigenvalue weighted by Gasteiger charge is -2.20. The lowest BCUT2D eigenvalue weighted by Crippen LogP contribution is -2.54. The maximum atomic E-state index is 13.3. The third kappa shape index (κ3) is 42.0. The number of rotatable bonds is 61. The number of unbranched alkanes of at least 4 members (excludes halogenated alkanes) is 5. The molecule has 2 rings (SSSR count). The number of aliphatic hydroxyl groups excluding tert-OH is 4. The van der Waals surface area contributed by atoms with Crippen LogP contribution >= 0.6 is 11.8 Å². The molecule has 0 bridgehead atoms. The van der Waals surface area contributed by atoms with Gasteiger partial charge in [0.05, 0.1) is 91.2 Å². The summed E-state index contributed by atoms with van der Waals surface area (Å²) >= 11 is 1.88. The van der Waals surface area contributed by atoms with Crippen LogP contribution in [0.25, 0.3) is 0 Å². The number of primary amides is 2. The molecule has 39 nitrogen and oxygen atoms in total. The molecule has 0 spiro atoms. The Bertz CT molecular complexity index is 2710. The Balaban J connectivity index is 1.64. The Kier molecular flexibility index (Phi) is 49.0. The van der Waals surface area contributed by atoms with E-state index in [9.17, 15) is 92.3 Å². The highest BCUT2D eigenvalue weighted by Crippen LogP contribution is 2.33. The molecule has 104 heavy (non-hydrogen) atoms. The maximum absolute atomic E-state index is 13.3. The predicted molar refractivity (Wildman–Crippen MR) is 373 cm³/mol. The van der Waals surface area contributed by atoms with Crippen LogP contribution in [0.15, 0.2) is 0 Å². The highest BCUT2D eigenvalue weighted by atomic mass is 32.2. The standard InChI is InChI=1S/C64H112N16O23S/c1-40(57(65)92)13-6-9-20-69-59(94)42(74-55(91)38-103-30-28-101-26-24-68-54(90)37-102-29-27-100-25-23-67-49(85)17-5-3-4-16-48-56-47(39-104-48)79-64(99)80-56)15-8-11-22-71-61(96)44(34-82)78-53(89)32-73-63(98)46(36-84)76-51(87)19-12-18-50(86)75-45(35-83)62(97)72-31-52(88)77-43(33-81)60(95)70-21-10-7-14-41(2)58(66)93/h40-48,56,81-84H,3-39H2,1-2H3,(H2,65,92)(H2,66,93)(H,67,85)(H,68,90)(H,69,94)(H,70,95)(H,71,96)(H,72,97)(H,73,98)(H,74,91)(H,75,86)(H,76,87)(H,77,88)(H,78,89)(H2,79,80,99)/t40-,41-,42-,43-,44-,45-,46-,47-,48-,56-/m0/s1. The first-order valence-electron chi connectivity index (χ1n) is 35.2. The van der Waals surface area contributed by atoms with Crippen molar-refractivity contribution in [3.05, 3.63) is 0 Å². The quantitative estimate of drug-likeness (QED) is 0.0199. The number of thioether (sulfide) groups is 1. The molecule has 2 saturated heterocycles. The van der Waals surface area contributed by atoms with E-state index in [1.807, 2.05) is 11.8 Å². The van der Waals surface area contributed by atoms with Crippen molar-refractivity contribution in [2.45, 2.75) is 171 Å². The van der Waals surface area contributed by atoms with Crippen LogP contribution in [0.3, 0.4) is 0 Å². The van der Waals surface area contributed by atoms with E-state index in [1.165, 1.54) is 0 Å². The first-order valence-corrected chi connectivity index (χ1v) is 36.3. The molecular formula is C64H112N16O23S. The van der Waals surface area contributed by atoms with Gasteiger partial charge in [0, 0.05) is 74.8 Å². The summed E-state index contributed by atoms with van der Waals surface area (Å²) in [6.07, 6.45) is 7.13. The summed E-state index contributed by atoms with van der Waals surface area (Å²) in [6.45, 7) is -0.327. The maximum Gasteiger partial charge on any atom is 0.315 e. The molecule has 2 aliphatic rings. The molecule has 0 saturated carbocycles. The fourth-order valence-corrected chi connectivity index (χ4v) is 11.6. The van der Waals surface area contributed by atoms with Gasteiger partial charge in [-0.25, -0.2) is 4.79 Å². The van der Waals surface area contributed by atoms with Crippen LogP contribution in [-0.4, -0.2) is 288 Å². The van der Waals surface area contributed by atoms with Crippen LogP contribution in [0.2, 0.25) is 0 Å². The van der Waals surface area contributed by atoms with E-state index in [1.54, 1.807) is 13.8 Å². The van der Waals surface area contributed by atoms with Crippen molar-refractivity contribution in [1.82, 2.24) is 74.4 Å². The number of amides is 16. The fraction of sp³-hybridized carbons (Fsp3) is 0.766. The zero-order chi connectivity index (χ0) is 77.0. The highest BCUT2D eigenvalue weighted by Gasteiger charge is 2.42. The number of carbonyl (C=O) groups excluding carboxylic acids is 15. The number of ether oxygens (including phenoxy) is 4. The second-order valence-corrected chi connectivity index (χ2v) is 26.1.